The molecule has 0 aliphatic heterocycles. The van der Waals surface area contributed by atoms with Gasteiger partial charge in [-0.25, -0.2) is 0 Å². The zero-order valence-corrected chi connectivity index (χ0v) is 12.5. The molecule has 0 aliphatic rings. The number of phenols is 1. The largest absolute Gasteiger partial charge is 0.508 e. The molecular weight excluding hydrogens is 320 g/mol. The van der Waals surface area contributed by atoms with Gasteiger partial charge in [0.05, 0.1) is 11.6 Å². The maximum atomic E-state index is 12.2. The Morgan fingerprint density at radius 2 is 1.90 bits per heavy atom. The van der Waals surface area contributed by atoms with Crippen molar-refractivity contribution in [1.82, 2.24) is 5.32 Å². The predicted octanol–water partition coefficient (Wildman–Crippen LogP) is 3.23. The number of hydrogen-bond acceptors (Lipinski definition) is 3. The molecule has 0 saturated heterocycles. The van der Waals surface area contributed by atoms with Crippen molar-refractivity contribution in [2.75, 3.05) is 5.73 Å². The van der Waals surface area contributed by atoms with Crippen LogP contribution >= 0.6 is 15.9 Å². The van der Waals surface area contributed by atoms with Gasteiger partial charge in [0.15, 0.2) is 0 Å². The predicted molar refractivity (Wildman–Crippen MR) is 82.5 cm³/mol. The van der Waals surface area contributed by atoms with Crippen molar-refractivity contribution in [3.8, 4) is 5.75 Å². The summed E-state index contributed by atoms with van der Waals surface area (Å²) in [5.41, 5.74) is 7.34. The van der Waals surface area contributed by atoms with E-state index in [0.717, 1.165) is 10.0 Å². The number of phenolic OH excluding ortho intramolecular Hbond substituents is 1. The number of carbonyl (C=O) groups excluding carboxylic acids is 1. The molecule has 4 N–H and O–H groups in total. The van der Waals surface area contributed by atoms with Crippen LogP contribution in [0.1, 0.15) is 28.9 Å². The molecule has 0 fully saturated rings. The lowest BCUT2D eigenvalue weighted by Crippen LogP contribution is -2.27. The van der Waals surface area contributed by atoms with E-state index in [1.165, 1.54) is 18.2 Å². The highest BCUT2D eigenvalue weighted by Gasteiger charge is 2.14. The quantitative estimate of drug-likeness (QED) is 0.595. The molecule has 104 valence electrons. The number of benzene rings is 2. The Bertz CT molecular complexity index is 626. The van der Waals surface area contributed by atoms with Gasteiger partial charge in [-0.1, -0.05) is 28.1 Å². The number of hydrogen-bond donors (Lipinski definition) is 3. The topological polar surface area (TPSA) is 75.3 Å². The van der Waals surface area contributed by atoms with Crippen LogP contribution in [0.25, 0.3) is 0 Å². The molecule has 2 rings (SSSR count). The third-order valence-corrected chi connectivity index (χ3v) is 3.53. The summed E-state index contributed by atoms with van der Waals surface area (Å²) in [4.78, 5) is 12.2. The molecule has 0 heterocycles. The van der Waals surface area contributed by atoms with E-state index in [4.69, 9.17) is 5.73 Å². The fourth-order valence-electron chi connectivity index (χ4n) is 1.85. The molecule has 1 atom stereocenters. The molecule has 20 heavy (non-hydrogen) atoms. The second-order valence-corrected chi connectivity index (χ2v) is 5.43. The number of rotatable bonds is 3. The van der Waals surface area contributed by atoms with Crippen LogP contribution in [0.3, 0.4) is 0 Å². The molecule has 0 spiro atoms. The second kappa shape index (κ2) is 5.96. The molecule has 2 aromatic carbocycles. The normalized spacial score (nSPS) is 11.9. The molecule has 0 unspecified atom stereocenters. The molecule has 0 bridgehead atoms. The third-order valence-electron chi connectivity index (χ3n) is 3.00. The van der Waals surface area contributed by atoms with Gasteiger partial charge in [0.1, 0.15) is 5.75 Å². The minimum Gasteiger partial charge on any atom is -0.508 e. The average Bonchev–Trinajstić information content (AvgIpc) is 2.42. The van der Waals surface area contributed by atoms with Gasteiger partial charge in [-0.2, -0.15) is 0 Å². The fourth-order valence-corrected chi connectivity index (χ4v) is 2.11. The molecule has 1 amide bonds. The lowest BCUT2D eigenvalue weighted by Gasteiger charge is -2.15. The number of amides is 1. The number of anilines is 1. The van der Waals surface area contributed by atoms with E-state index in [1.807, 2.05) is 31.2 Å². The fraction of sp³-hybridized carbons (Fsp3) is 0.133. The average molecular weight is 335 g/mol. The molecule has 0 radical (unpaired) electrons. The number of aromatic hydroxyl groups is 1. The van der Waals surface area contributed by atoms with E-state index in [1.54, 1.807) is 0 Å². The lowest BCUT2D eigenvalue weighted by molar-refractivity contribution is 0.0940. The van der Waals surface area contributed by atoms with Gasteiger partial charge < -0.3 is 16.2 Å². The van der Waals surface area contributed by atoms with Crippen molar-refractivity contribution < 1.29 is 9.90 Å². The monoisotopic (exact) mass is 334 g/mol. The van der Waals surface area contributed by atoms with Gasteiger partial charge in [-0.3, -0.25) is 4.79 Å². The zero-order valence-electron chi connectivity index (χ0n) is 10.9. The minimum absolute atomic E-state index is 0.0145. The molecule has 5 heteroatoms. The first-order valence-electron chi connectivity index (χ1n) is 6.12. The molecular formula is C15H15BrN2O2. The Morgan fingerprint density at radius 1 is 1.25 bits per heavy atom. The van der Waals surface area contributed by atoms with Gasteiger partial charge in [0.25, 0.3) is 5.91 Å². The van der Waals surface area contributed by atoms with Crippen molar-refractivity contribution in [1.29, 1.82) is 0 Å². The van der Waals surface area contributed by atoms with Crippen LogP contribution in [-0.2, 0) is 0 Å². The Balaban J connectivity index is 2.15. The van der Waals surface area contributed by atoms with Crippen LogP contribution in [-0.4, -0.2) is 11.0 Å². The Morgan fingerprint density at radius 3 is 2.55 bits per heavy atom. The zero-order chi connectivity index (χ0) is 14.7. The number of nitrogens with two attached hydrogens (primary N) is 1. The smallest absolute Gasteiger partial charge is 0.253 e. The number of nitrogen functional groups attached to an aromatic ring is 1. The summed E-state index contributed by atoms with van der Waals surface area (Å²) in [5.74, 6) is -0.297. The van der Waals surface area contributed by atoms with Crippen molar-refractivity contribution in [3.05, 3.63) is 58.1 Å². The summed E-state index contributed by atoms with van der Waals surface area (Å²) in [7, 11) is 0. The molecule has 0 saturated carbocycles. The summed E-state index contributed by atoms with van der Waals surface area (Å²) in [6.45, 7) is 1.89. The van der Waals surface area contributed by atoms with Gasteiger partial charge in [0.2, 0.25) is 0 Å². The maximum Gasteiger partial charge on any atom is 0.253 e. The van der Waals surface area contributed by atoms with Crippen molar-refractivity contribution in [2.24, 2.45) is 0 Å². The summed E-state index contributed by atoms with van der Waals surface area (Å²) in [6.07, 6.45) is 0. The van der Waals surface area contributed by atoms with Gasteiger partial charge in [0, 0.05) is 10.2 Å². The van der Waals surface area contributed by atoms with E-state index in [0.29, 0.717) is 5.69 Å². The maximum absolute atomic E-state index is 12.2. The van der Waals surface area contributed by atoms with E-state index < -0.39 is 0 Å². The molecule has 0 aliphatic carbocycles. The van der Waals surface area contributed by atoms with Gasteiger partial charge in [-0.15, -0.1) is 0 Å². The SMILES string of the molecule is C[C@@H](NC(=O)c1cc(O)ccc1N)c1ccc(Br)cc1. The lowest BCUT2D eigenvalue weighted by atomic mass is 10.1. The first-order chi connectivity index (χ1) is 9.47. The van der Waals surface area contributed by atoms with Crippen LogP contribution in [0.4, 0.5) is 5.69 Å². The summed E-state index contributed by atoms with van der Waals surface area (Å²) >= 11 is 3.37. The highest BCUT2D eigenvalue weighted by Crippen LogP contribution is 2.21. The van der Waals surface area contributed by atoms with Crippen LogP contribution in [0.5, 0.6) is 5.75 Å². The van der Waals surface area contributed by atoms with Gasteiger partial charge in [-0.05, 0) is 42.8 Å². The van der Waals surface area contributed by atoms with Crippen molar-refractivity contribution in [3.63, 3.8) is 0 Å². The van der Waals surface area contributed by atoms with Crippen molar-refractivity contribution in [2.45, 2.75) is 13.0 Å². The Kier molecular flexibility index (Phi) is 4.29. The summed E-state index contributed by atoms with van der Waals surface area (Å²) in [6, 6.07) is 11.9. The number of halogens is 1. The number of nitrogens with one attached hydrogen (secondary N) is 1. The van der Waals surface area contributed by atoms with E-state index in [2.05, 4.69) is 21.2 Å². The third kappa shape index (κ3) is 3.30. The number of carbonyl (C=O) groups is 1. The summed E-state index contributed by atoms with van der Waals surface area (Å²) in [5, 5.41) is 12.3. The van der Waals surface area contributed by atoms with Gasteiger partial charge >= 0.3 is 0 Å². The van der Waals surface area contributed by atoms with Crippen LogP contribution in [0.2, 0.25) is 0 Å². The van der Waals surface area contributed by atoms with E-state index >= 15 is 0 Å². The van der Waals surface area contributed by atoms with Crippen LogP contribution < -0.4 is 11.1 Å². The second-order valence-electron chi connectivity index (χ2n) is 4.52. The molecule has 0 aromatic heterocycles. The highest BCUT2D eigenvalue weighted by molar-refractivity contribution is 9.10. The molecule has 4 nitrogen and oxygen atoms in total. The first kappa shape index (κ1) is 14.4. The Hall–Kier alpha value is -2.01. The minimum atomic E-state index is -0.311. The van der Waals surface area contributed by atoms with E-state index in [9.17, 15) is 9.90 Å². The van der Waals surface area contributed by atoms with Crippen LogP contribution in [0, 0.1) is 0 Å². The Labute approximate surface area is 125 Å². The molecule has 2 aromatic rings. The first-order valence-corrected chi connectivity index (χ1v) is 6.91. The highest BCUT2D eigenvalue weighted by atomic mass is 79.9. The van der Waals surface area contributed by atoms with E-state index in [-0.39, 0.29) is 23.3 Å². The standard InChI is InChI=1S/C15H15BrN2O2/c1-9(10-2-4-11(16)5-3-10)18-15(20)13-8-12(19)6-7-14(13)17/h2-9,19H,17H2,1H3,(H,18,20)/t9-/m1/s1. The summed E-state index contributed by atoms with van der Waals surface area (Å²) < 4.78 is 0.983. The van der Waals surface area contributed by atoms with Crippen molar-refractivity contribution >= 4 is 27.5 Å². The van der Waals surface area contributed by atoms with Crippen LogP contribution in [0.15, 0.2) is 46.9 Å².